The van der Waals surface area contributed by atoms with E-state index in [-0.39, 0.29) is 5.97 Å². The maximum Gasteiger partial charge on any atom is 0.322 e. The molecule has 118 valence electrons. The van der Waals surface area contributed by atoms with Crippen LogP contribution in [0.3, 0.4) is 0 Å². The molecule has 3 nitrogen and oxygen atoms in total. The molecule has 0 heterocycles. The van der Waals surface area contributed by atoms with Gasteiger partial charge in [-0.05, 0) is 20.8 Å². The first kappa shape index (κ1) is 17.0. The topological polar surface area (TPSA) is 38.7 Å². The minimum absolute atomic E-state index is 0.318. The summed E-state index contributed by atoms with van der Waals surface area (Å²) in [5.41, 5.74) is 2.24. The molecule has 0 aromatic heterocycles. The predicted molar refractivity (Wildman–Crippen MR) is 96.7 cm³/mol. The second-order valence-corrected chi connectivity index (χ2v) is 6.42. The lowest BCUT2D eigenvalue weighted by atomic mass is 9.95. The van der Waals surface area contributed by atoms with Crippen LogP contribution in [0.4, 0.5) is 0 Å². The van der Waals surface area contributed by atoms with Crippen molar-refractivity contribution in [3.63, 3.8) is 0 Å². The van der Waals surface area contributed by atoms with E-state index in [2.05, 4.69) is 4.99 Å². The van der Waals surface area contributed by atoms with Crippen molar-refractivity contribution >= 4 is 19.5 Å². The van der Waals surface area contributed by atoms with Gasteiger partial charge in [0, 0.05) is 11.1 Å². The molecule has 4 heteroatoms. The van der Waals surface area contributed by atoms with Crippen molar-refractivity contribution in [3.8, 4) is 0 Å². The Labute approximate surface area is 138 Å². The average molecular weight is 307 g/mol. The van der Waals surface area contributed by atoms with E-state index in [1.807, 2.05) is 81.4 Å². The number of benzene rings is 2. The minimum Gasteiger partial charge on any atom is -0.459 e. The Bertz CT molecular complexity index is 634. The number of aliphatic imine (C=N–C) groups is 1. The SMILES string of the molecule is B[C@@H](N=C(c1ccccc1)c1ccccc1)C(=O)OC(C)(C)C. The van der Waals surface area contributed by atoms with Crippen LogP contribution in [-0.2, 0) is 9.53 Å². The number of rotatable bonds is 4. The van der Waals surface area contributed by atoms with Gasteiger partial charge in [0.1, 0.15) is 19.4 Å². The summed E-state index contributed by atoms with van der Waals surface area (Å²) >= 11 is 0. The molecule has 0 bridgehead atoms. The van der Waals surface area contributed by atoms with E-state index in [1.165, 1.54) is 0 Å². The number of carbonyl (C=O) groups is 1. The quantitative estimate of drug-likeness (QED) is 0.495. The molecular weight excluding hydrogens is 285 g/mol. The van der Waals surface area contributed by atoms with E-state index in [1.54, 1.807) is 7.85 Å². The number of hydrogen-bond donors (Lipinski definition) is 0. The zero-order chi connectivity index (χ0) is 16.9. The number of hydrogen-bond acceptors (Lipinski definition) is 3. The molecule has 0 unspecified atom stereocenters. The largest absolute Gasteiger partial charge is 0.459 e. The summed E-state index contributed by atoms with van der Waals surface area (Å²) in [5, 5.41) is 0. The second-order valence-electron chi connectivity index (χ2n) is 6.42. The normalized spacial score (nSPS) is 12.3. The van der Waals surface area contributed by atoms with Crippen molar-refractivity contribution in [2.24, 2.45) is 4.99 Å². The zero-order valence-electron chi connectivity index (χ0n) is 14.1. The van der Waals surface area contributed by atoms with Gasteiger partial charge in [-0.25, -0.2) is 0 Å². The van der Waals surface area contributed by atoms with Crippen molar-refractivity contribution in [2.45, 2.75) is 32.3 Å². The molecule has 0 aliphatic rings. The van der Waals surface area contributed by atoms with Crippen molar-refractivity contribution < 1.29 is 9.53 Å². The first-order chi connectivity index (χ1) is 10.9. The Balaban J connectivity index is 2.36. The van der Waals surface area contributed by atoms with Gasteiger partial charge in [-0.2, -0.15) is 0 Å². The highest BCUT2D eigenvalue weighted by atomic mass is 16.6. The van der Waals surface area contributed by atoms with Gasteiger partial charge in [0.15, 0.2) is 0 Å². The van der Waals surface area contributed by atoms with Crippen LogP contribution in [0.1, 0.15) is 31.9 Å². The molecule has 0 saturated carbocycles. The summed E-state index contributed by atoms with van der Waals surface area (Å²) in [5.74, 6) is -0.883. The van der Waals surface area contributed by atoms with Crippen molar-refractivity contribution in [3.05, 3.63) is 71.8 Å². The smallest absolute Gasteiger partial charge is 0.322 e. The van der Waals surface area contributed by atoms with Gasteiger partial charge in [-0.15, -0.1) is 0 Å². The molecule has 23 heavy (non-hydrogen) atoms. The van der Waals surface area contributed by atoms with Gasteiger partial charge < -0.3 is 4.74 Å². The number of ether oxygens (including phenoxy) is 1. The monoisotopic (exact) mass is 307 g/mol. The summed E-state index contributed by atoms with van der Waals surface area (Å²) in [6.45, 7) is 5.57. The van der Waals surface area contributed by atoms with Crippen LogP contribution in [0, 0.1) is 0 Å². The van der Waals surface area contributed by atoms with Crippen LogP contribution in [0.15, 0.2) is 65.7 Å². The van der Waals surface area contributed by atoms with Crippen molar-refractivity contribution in [1.82, 2.24) is 0 Å². The number of nitrogens with zero attached hydrogens (tertiary/aromatic N) is 1. The van der Waals surface area contributed by atoms with Crippen molar-refractivity contribution in [2.75, 3.05) is 0 Å². The summed E-state index contributed by atoms with van der Waals surface area (Å²) < 4.78 is 5.43. The highest BCUT2D eigenvalue weighted by molar-refractivity contribution is 6.25. The van der Waals surface area contributed by atoms with E-state index in [9.17, 15) is 4.79 Å². The molecule has 0 aliphatic carbocycles. The number of carbonyl (C=O) groups excluding carboxylic acids is 1. The average Bonchev–Trinajstić information content (AvgIpc) is 2.52. The van der Waals surface area contributed by atoms with Gasteiger partial charge in [0.25, 0.3) is 0 Å². The van der Waals surface area contributed by atoms with E-state index < -0.39 is 11.5 Å². The van der Waals surface area contributed by atoms with Crippen molar-refractivity contribution in [1.29, 1.82) is 0 Å². The molecule has 0 radical (unpaired) electrons. The summed E-state index contributed by atoms with van der Waals surface area (Å²) in [6, 6.07) is 19.8. The molecular formula is C19H22BNO2. The molecule has 0 amide bonds. The molecule has 0 saturated heterocycles. The minimum atomic E-state index is -0.565. The van der Waals surface area contributed by atoms with E-state index in [0.717, 1.165) is 16.8 Å². The second kappa shape index (κ2) is 7.27. The zero-order valence-corrected chi connectivity index (χ0v) is 14.1. The Hall–Kier alpha value is -2.36. The molecule has 0 spiro atoms. The highest BCUT2D eigenvalue weighted by Crippen LogP contribution is 2.14. The molecule has 0 fully saturated rings. The van der Waals surface area contributed by atoms with Gasteiger partial charge in [-0.3, -0.25) is 9.79 Å². The van der Waals surface area contributed by atoms with Gasteiger partial charge in [-0.1, -0.05) is 60.7 Å². The number of esters is 1. The van der Waals surface area contributed by atoms with Gasteiger partial charge >= 0.3 is 5.97 Å². The third-order valence-corrected chi connectivity index (χ3v) is 3.17. The van der Waals surface area contributed by atoms with Crippen LogP contribution < -0.4 is 0 Å². The molecule has 2 aromatic rings. The fraction of sp³-hybridized carbons (Fsp3) is 0.263. The van der Waals surface area contributed by atoms with Crippen LogP contribution in [0.5, 0.6) is 0 Å². The maximum atomic E-state index is 12.2. The molecule has 0 N–H and O–H groups in total. The molecule has 1 atom stereocenters. The van der Waals surface area contributed by atoms with Crippen LogP contribution in [0.25, 0.3) is 0 Å². The van der Waals surface area contributed by atoms with Gasteiger partial charge in [0.05, 0.1) is 5.71 Å². The van der Waals surface area contributed by atoms with E-state index in [4.69, 9.17) is 4.74 Å². The van der Waals surface area contributed by atoms with E-state index in [0.29, 0.717) is 0 Å². The first-order valence-corrected chi connectivity index (χ1v) is 7.78. The summed E-state index contributed by atoms with van der Waals surface area (Å²) in [4.78, 5) is 16.9. The lowest BCUT2D eigenvalue weighted by molar-refractivity contribution is -0.154. The lowest BCUT2D eigenvalue weighted by Crippen LogP contribution is -2.32. The fourth-order valence-corrected chi connectivity index (χ4v) is 2.14. The van der Waals surface area contributed by atoms with Crippen LogP contribution in [0.2, 0.25) is 0 Å². The first-order valence-electron chi connectivity index (χ1n) is 7.78. The Morgan fingerprint density at radius 2 is 1.39 bits per heavy atom. The van der Waals surface area contributed by atoms with Crippen LogP contribution >= 0.6 is 0 Å². The lowest BCUT2D eigenvalue weighted by Gasteiger charge is -2.21. The van der Waals surface area contributed by atoms with Gasteiger partial charge in [0.2, 0.25) is 0 Å². The Kier molecular flexibility index (Phi) is 5.38. The summed E-state index contributed by atoms with van der Waals surface area (Å²) in [6.07, 6.45) is 0. The predicted octanol–water partition coefficient (Wildman–Crippen LogP) is 2.82. The Morgan fingerprint density at radius 3 is 1.78 bits per heavy atom. The fourth-order valence-electron chi connectivity index (χ4n) is 2.14. The summed E-state index contributed by atoms with van der Waals surface area (Å²) in [7, 11) is 1.76. The maximum absolute atomic E-state index is 12.2. The van der Waals surface area contributed by atoms with E-state index >= 15 is 0 Å². The standard InChI is InChI=1S/C19H22BNO2/c1-19(2,3)23-18(22)17(20)21-16(14-10-6-4-7-11-14)15-12-8-5-9-13-15/h4-13,17H,20H2,1-3H3/t17-/m0/s1. The highest BCUT2D eigenvalue weighted by Gasteiger charge is 2.22. The third-order valence-electron chi connectivity index (χ3n) is 3.17. The van der Waals surface area contributed by atoms with Crippen LogP contribution in [-0.4, -0.2) is 31.1 Å². The molecule has 0 aliphatic heterocycles. The molecule has 2 rings (SSSR count). The third kappa shape index (κ3) is 5.10. The molecule has 2 aromatic carbocycles. The Morgan fingerprint density at radius 1 is 0.957 bits per heavy atom.